The van der Waals surface area contributed by atoms with Crippen LogP contribution in [0.2, 0.25) is 0 Å². The number of thioether (sulfide) groups is 1. The highest BCUT2D eigenvalue weighted by molar-refractivity contribution is 8.00. The predicted octanol–water partition coefficient (Wildman–Crippen LogP) is 4.82. The van der Waals surface area contributed by atoms with Gasteiger partial charge in [-0.25, -0.2) is 4.90 Å². The summed E-state index contributed by atoms with van der Waals surface area (Å²) in [4.78, 5) is 53.4. The first-order valence-electron chi connectivity index (χ1n) is 11.6. The number of carbonyl (C=O) groups is 3. The van der Waals surface area contributed by atoms with Crippen molar-refractivity contribution >= 4 is 52.2 Å². The maximum atomic E-state index is 13.7. The van der Waals surface area contributed by atoms with Gasteiger partial charge in [-0.2, -0.15) is 13.2 Å². The van der Waals surface area contributed by atoms with E-state index in [4.69, 9.17) is 0 Å². The van der Waals surface area contributed by atoms with Crippen LogP contribution in [0.4, 0.5) is 24.5 Å². The Balaban J connectivity index is 1.49. The van der Waals surface area contributed by atoms with Gasteiger partial charge in [0.1, 0.15) is 11.8 Å². The van der Waals surface area contributed by atoms with Crippen molar-refractivity contribution in [3.8, 4) is 0 Å². The molecule has 7 nitrogen and oxygen atoms in total. The van der Waals surface area contributed by atoms with Crippen LogP contribution in [0.1, 0.15) is 29.9 Å². The Morgan fingerprint density at radius 3 is 2.34 bits per heavy atom. The number of alkyl halides is 3. The first kappa shape index (κ1) is 26.2. The summed E-state index contributed by atoms with van der Waals surface area (Å²) in [5, 5.41) is 2.06. The fourth-order valence-corrected chi connectivity index (χ4v) is 7.93. The number of nitrogens with one attached hydrogen (secondary N) is 1. The fraction of sp³-hybridized carbons (Fsp3) is 0.308. The van der Waals surface area contributed by atoms with Crippen molar-refractivity contribution in [1.82, 2.24) is 4.57 Å². The number of amides is 3. The number of halogens is 3. The molecule has 198 valence electrons. The molecule has 3 heterocycles. The molecule has 0 saturated carbocycles. The second kappa shape index (κ2) is 9.12. The van der Waals surface area contributed by atoms with Gasteiger partial charge >= 0.3 is 11.0 Å². The van der Waals surface area contributed by atoms with E-state index in [1.807, 2.05) is 19.1 Å². The zero-order valence-corrected chi connectivity index (χ0v) is 22.1. The summed E-state index contributed by atoms with van der Waals surface area (Å²) in [6, 6.07) is 11.6. The van der Waals surface area contributed by atoms with Crippen molar-refractivity contribution in [2.75, 3.05) is 10.2 Å². The van der Waals surface area contributed by atoms with Crippen molar-refractivity contribution in [3.05, 3.63) is 74.2 Å². The van der Waals surface area contributed by atoms with Crippen LogP contribution in [-0.2, 0) is 32.5 Å². The van der Waals surface area contributed by atoms with E-state index in [-0.39, 0.29) is 6.54 Å². The minimum atomic E-state index is -4.77. The van der Waals surface area contributed by atoms with Crippen molar-refractivity contribution in [2.45, 2.75) is 49.2 Å². The number of thiazole rings is 1. The summed E-state index contributed by atoms with van der Waals surface area (Å²) in [5.41, 5.74) is -1.06. The van der Waals surface area contributed by atoms with Gasteiger partial charge in [0, 0.05) is 16.0 Å². The minimum Gasteiger partial charge on any atom is -0.325 e. The second-order valence-corrected chi connectivity index (χ2v) is 11.9. The maximum Gasteiger partial charge on any atom is 0.418 e. The van der Waals surface area contributed by atoms with E-state index >= 15 is 0 Å². The number of fused-ring (bicyclic) bond motifs is 2. The van der Waals surface area contributed by atoms with E-state index in [0.29, 0.717) is 20.5 Å². The van der Waals surface area contributed by atoms with Crippen LogP contribution in [0.25, 0.3) is 0 Å². The van der Waals surface area contributed by atoms with E-state index in [1.165, 1.54) is 16.7 Å². The van der Waals surface area contributed by atoms with Crippen LogP contribution < -0.4 is 15.1 Å². The zero-order chi connectivity index (χ0) is 27.6. The van der Waals surface area contributed by atoms with E-state index in [2.05, 4.69) is 5.32 Å². The summed E-state index contributed by atoms with van der Waals surface area (Å²) in [6.45, 7) is 4.98. The van der Waals surface area contributed by atoms with Crippen LogP contribution in [0.5, 0.6) is 0 Å². The lowest BCUT2D eigenvalue weighted by molar-refractivity contribution is -0.137. The molecular formula is C26H22F3N3O4S2. The van der Waals surface area contributed by atoms with Crippen LogP contribution in [-0.4, -0.2) is 27.5 Å². The summed E-state index contributed by atoms with van der Waals surface area (Å²) in [7, 11) is 0. The summed E-state index contributed by atoms with van der Waals surface area (Å²) >= 11 is 1.83. The molecule has 0 bridgehead atoms. The van der Waals surface area contributed by atoms with Gasteiger partial charge in [0.2, 0.25) is 17.7 Å². The van der Waals surface area contributed by atoms with Gasteiger partial charge in [0.15, 0.2) is 0 Å². The number of hydrogen-bond acceptors (Lipinski definition) is 6. The topological polar surface area (TPSA) is 88.5 Å². The van der Waals surface area contributed by atoms with Gasteiger partial charge in [-0.1, -0.05) is 66.8 Å². The highest BCUT2D eigenvalue weighted by Gasteiger charge is 2.60. The lowest BCUT2D eigenvalue weighted by atomic mass is 9.76. The number of para-hydroxylation sites is 1. The number of aromatic nitrogens is 1. The quantitative estimate of drug-likeness (QED) is 0.462. The normalized spacial score (nSPS) is 20.3. The van der Waals surface area contributed by atoms with Gasteiger partial charge < -0.3 is 5.32 Å². The standard InChI is InChI=1S/C26H22F3N3O4S2/c1-13-8-10-14(11-9-13)30-17(33)12-31-23-20(38-24(31)36)25(2,3)18-19(37-23)22(35)32(21(18)34)16-7-5-4-6-15(16)26(27,28)29/h4-11,18-19H,12H2,1-3H3,(H,30,33)/t18-,19+/m1/s1. The van der Waals surface area contributed by atoms with Gasteiger partial charge in [0.25, 0.3) is 0 Å². The fourth-order valence-electron chi connectivity index (χ4n) is 4.89. The summed E-state index contributed by atoms with van der Waals surface area (Å²) in [5.74, 6) is -2.97. The number of hydrogen-bond donors (Lipinski definition) is 1. The lowest BCUT2D eigenvalue weighted by Crippen LogP contribution is -2.42. The Morgan fingerprint density at radius 2 is 1.68 bits per heavy atom. The number of nitrogens with zero attached hydrogens (tertiary/aromatic N) is 2. The van der Waals surface area contributed by atoms with E-state index in [1.54, 1.807) is 26.0 Å². The van der Waals surface area contributed by atoms with E-state index < -0.39 is 56.6 Å². The molecule has 0 spiro atoms. The van der Waals surface area contributed by atoms with Crippen molar-refractivity contribution in [1.29, 1.82) is 0 Å². The molecule has 2 atom stereocenters. The van der Waals surface area contributed by atoms with Gasteiger partial charge in [-0.15, -0.1) is 0 Å². The van der Waals surface area contributed by atoms with Crippen LogP contribution in [0.3, 0.4) is 0 Å². The smallest absolute Gasteiger partial charge is 0.325 e. The average Bonchev–Trinajstić information content (AvgIpc) is 3.29. The van der Waals surface area contributed by atoms with Crippen molar-refractivity contribution in [2.24, 2.45) is 5.92 Å². The van der Waals surface area contributed by atoms with E-state index in [9.17, 15) is 32.3 Å². The number of anilines is 2. The summed E-state index contributed by atoms with van der Waals surface area (Å²) in [6.07, 6.45) is -4.77. The largest absolute Gasteiger partial charge is 0.418 e. The first-order valence-corrected chi connectivity index (χ1v) is 13.3. The van der Waals surface area contributed by atoms with Gasteiger partial charge in [-0.05, 0) is 31.2 Å². The number of imide groups is 1. The molecule has 5 rings (SSSR count). The molecule has 2 aromatic carbocycles. The number of carbonyl (C=O) groups excluding carboxylic acids is 3. The van der Waals surface area contributed by atoms with Crippen molar-refractivity contribution in [3.63, 3.8) is 0 Å². The molecule has 1 fully saturated rings. The third-order valence-electron chi connectivity index (χ3n) is 6.79. The van der Waals surface area contributed by atoms with Crippen LogP contribution >= 0.6 is 23.1 Å². The molecule has 1 aromatic heterocycles. The highest BCUT2D eigenvalue weighted by atomic mass is 32.2. The molecule has 2 aliphatic rings. The molecule has 2 aliphatic heterocycles. The SMILES string of the molecule is Cc1ccc(NC(=O)Cn2c3c(sc2=O)C(C)(C)[C@H]2C(=O)N(c4ccccc4C(F)(F)F)C(=O)[C@H]2S3)cc1. The Morgan fingerprint density at radius 1 is 1.03 bits per heavy atom. The molecular weight excluding hydrogens is 539 g/mol. The third-order valence-corrected chi connectivity index (χ3v) is 9.61. The Hall–Kier alpha value is -3.38. The summed E-state index contributed by atoms with van der Waals surface area (Å²) < 4.78 is 42.4. The minimum absolute atomic E-state index is 0.318. The lowest BCUT2D eigenvalue weighted by Gasteiger charge is -2.36. The number of benzene rings is 2. The van der Waals surface area contributed by atoms with E-state index in [0.717, 1.165) is 40.8 Å². The van der Waals surface area contributed by atoms with Gasteiger partial charge in [-0.3, -0.25) is 23.7 Å². The monoisotopic (exact) mass is 561 g/mol. The van der Waals surface area contributed by atoms with Gasteiger partial charge in [0.05, 0.1) is 22.2 Å². The average molecular weight is 562 g/mol. The molecule has 1 saturated heterocycles. The maximum absolute atomic E-state index is 13.7. The van der Waals surface area contributed by atoms with Crippen molar-refractivity contribution < 1.29 is 27.6 Å². The predicted molar refractivity (Wildman–Crippen MR) is 138 cm³/mol. The first-order chi connectivity index (χ1) is 17.8. The molecule has 3 amide bonds. The van der Waals surface area contributed by atoms with Crippen LogP contribution in [0.15, 0.2) is 58.4 Å². The van der Waals surface area contributed by atoms with Crippen LogP contribution in [0, 0.1) is 12.8 Å². The molecule has 0 aliphatic carbocycles. The Labute approximate surface area is 223 Å². The Bertz CT molecular complexity index is 1530. The molecule has 38 heavy (non-hydrogen) atoms. The molecule has 1 N–H and O–H groups in total. The molecule has 12 heteroatoms. The molecule has 0 unspecified atom stereocenters. The molecule has 3 aromatic rings. The Kier molecular flexibility index (Phi) is 6.30. The number of aryl methyl sites for hydroxylation is 1. The number of rotatable bonds is 4. The third kappa shape index (κ3) is 4.25. The highest BCUT2D eigenvalue weighted by Crippen LogP contribution is 2.55. The zero-order valence-electron chi connectivity index (χ0n) is 20.5. The second-order valence-electron chi connectivity index (χ2n) is 9.77. The molecule has 0 radical (unpaired) electrons.